The highest BCUT2D eigenvalue weighted by Crippen LogP contribution is 2.27. The van der Waals surface area contributed by atoms with Crippen LogP contribution in [-0.2, 0) is 6.42 Å². The SMILES string of the molecule is CCc1ccccc1C(NC)c1ccc2ncccc2c1. The standard InChI is InChI=1S/C19H20N2/c1-3-14-7-4-5-9-17(14)19(20-2)16-10-11-18-15(13-16)8-6-12-21-18/h4-13,19-20H,3H2,1-2H3. The average Bonchev–Trinajstić information content (AvgIpc) is 2.56. The van der Waals surface area contributed by atoms with E-state index >= 15 is 0 Å². The highest BCUT2D eigenvalue weighted by atomic mass is 14.9. The van der Waals surface area contributed by atoms with Crippen molar-refractivity contribution in [2.45, 2.75) is 19.4 Å². The first-order chi connectivity index (χ1) is 10.3. The van der Waals surface area contributed by atoms with Gasteiger partial charge < -0.3 is 5.32 Å². The molecule has 21 heavy (non-hydrogen) atoms. The lowest BCUT2D eigenvalue weighted by molar-refractivity contribution is 0.685. The predicted octanol–water partition coefficient (Wildman–Crippen LogP) is 4.11. The molecule has 0 aliphatic rings. The third kappa shape index (κ3) is 2.67. The van der Waals surface area contributed by atoms with Crippen LogP contribution in [0.3, 0.4) is 0 Å². The van der Waals surface area contributed by atoms with Gasteiger partial charge in [0, 0.05) is 11.6 Å². The first kappa shape index (κ1) is 13.8. The van der Waals surface area contributed by atoms with Crippen LogP contribution in [0.15, 0.2) is 60.8 Å². The summed E-state index contributed by atoms with van der Waals surface area (Å²) in [5.74, 6) is 0. The molecule has 1 heterocycles. The number of rotatable bonds is 4. The highest BCUT2D eigenvalue weighted by Gasteiger charge is 2.15. The summed E-state index contributed by atoms with van der Waals surface area (Å²) in [5, 5.41) is 4.64. The lowest BCUT2D eigenvalue weighted by Gasteiger charge is -2.20. The summed E-state index contributed by atoms with van der Waals surface area (Å²) in [7, 11) is 2.02. The van der Waals surface area contributed by atoms with Gasteiger partial charge in [0.2, 0.25) is 0 Å². The van der Waals surface area contributed by atoms with E-state index in [1.54, 1.807) is 0 Å². The maximum absolute atomic E-state index is 4.39. The molecule has 1 aromatic heterocycles. The van der Waals surface area contributed by atoms with Crippen LogP contribution in [-0.4, -0.2) is 12.0 Å². The van der Waals surface area contributed by atoms with Crippen molar-refractivity contribution in [3.8, 4) is 0 Å². The fourth-order valence-electron chi connectivity index (χ4n) is 2.91. The maximum Gasteiger partial charge on any atom is 0.0702 e. The quantitative estimate of drug-likeness (QED) is 0.776. The van der Waals surface area contributed by atoms with E-state index in [4.69, 9.17) is 0 Å². The third-order valence-electron chi connectivity index (χ3n) is 4.00. The summed E-state index contributed by atoms with van der Waals surface area (Å²) >= 11 is 0. The number of benzene rings is 2. The lowest BCUT2D eigenvalue weighted by Crippen LogP contribution is -2.19. The zero-order valence-corrected chi connectivity index (χ0v) is 12.5. The minimum atomic E-state index is 0.214. The monoisotopic (exact) mass is 276 g/mol. The van der Waals surface area contributed by atoms with Crippen molar-refractivity contribution in [1.29, 1.82) is 0 Å². The Balaban J connectivity index is 2.09. The Morgan fingerprint density at radius 3 is 2.71 bits per heavy atom. The molecular formula is C19H20N2. The molecule has 2 heteroatoms. The fourth-order valence-corrected chi connectivity index (χ4v) is 2.91. The van der Waals surface area contributed by atoms with Gasteiger partial charge in [-0.15, -0.1) is 0 Å². The minimum absolute atomic E-state index is 0.214. The molecule has 0 fully saturated rings. The molecule has 2 nitrogen and oxygen atoms in total. The molecule has 0 aliphatic carbocycles. The zero-order chi connectivity index (χ0) is 14.7. The summed E-state index contributed by atoms with van der Waals surface area (Å²) < 4.78 is 0. The Kier molecular flexibility index (Phi) is 3.98. The average molecular weight is 276 g/mol. The van der Waals surface area contributed by atoms with Gasteiger partial charge in [0.05, 0.1) is 11.6 Å². The largest absolute Gasteiger partial charge is 0.309 e. The van der Waals surface area contributed by atoms with E-state index in [2.05, 4.69) is 65.8 Å². The first-order valence-electron chi connectivity index (χ1n) is 7.43. The Labute approximate surface area is 125 Å². The van der Waals surface area contributed by atoms with Gasteiger partial charge in [-0.1, -0.05) is 43.3 Å². The van der Waals surface area contributed by atoms with E-state index in [0.29, 0.717) is 0 Å². The molecule has 1 atom stereocenters. The van der Waals surface area contributed by atoms with Crippen LogP contribution in [0.25, 0.3) is 10.9 Å². The Bertz CT molecular complexity index is 749. The molecule has 2 aromatic carbocycles. The van der Waals surface area contributed by atoms with Crippen LogP contribution < -0.4 is 5.32 Å². The van der Waals surface area contributed by atoms with E-state index in [1.165, 1.54) is 22.1 Å². The first-order valence-corrected chi connectivity index (χ1v) is 7.43. The topological polar surface area (TPSA) is 24.9 Å². The highest BCUT2D eigenvalue weighted by molar-refractivity contribution is 5.79. The number of pyridine rings is 1. The van der Waals surface area contributed by atoms with Crippen LogP contribution in [0.2, 0.25) is 0 Å². The normalized spacial score (nSPS) is 12.5. The second-order valence-electron chi connectivity index (χ2n) is 5.23. The van der Waals surface area contributed by atoms with E-state index < -0.39 is 0 Å². The summed E-state index contributed by atoms with van der Waals surface area (Å²) in [6.45, 7) is 2.20. The van der Waals surface area contributed by atoms with Gasteiger partial charge in [-0.2, -0.15) is 0 Å². The zero-order valence-electron chi connectivity index (χ0n) is 12.5. The number of hydrogen-bond donors (Lipinski definition) is 1. The molecular weight excluding hydrogens is 256 g/mol. The molecule has 3 rings (SSSR count). The van der Waals surface area contributed by atoms with Crippen LogP contribution in [0.4, 0.5) is 0 Å². The van der Waals surface area contributed by atoms with E-state index in [-0.39, 0.29) is 6.04 Å². The summed E-state index contributed by atoms with van der Waals surface area (Å²) in [5.41, 5.74) is 5.06. The number of nitrogens with one attached hydrogen (secondary N) is 1. The molecule has 0 amide bonds. The predicted molar refractivity (Wildman–Crippen MR) is 88.5 cm³/mol. The number of fused-ring (bicyclic) bond motifs is 1. The second kappa shape index (κ2) is 6.06. The van der Waals surface area contributed by atoms with Crippen molar-refractivity contribution in [3.63, 3.8) is 0 Å². The number of aryl methyl sites for hydroxylation is 1. The van der Waals surface area contributed by atoms with Crippen molar-refractivity contribution >= 4 is 10.9 Å². The van der Waals surface area contributed by atoms with Crippen LogP contribution >= 0.6 is 0 Å². The van der Waals surface area contributed by atoms with Gasteiger partial charge in [-0.3, -0.25) is 4.98 Å². The molecule has 1 unspecified atom stereocenters. The third-order valence-corrected chi connectivity index (χ3v) is 4.00. The van der Waals surface area contributed by atoms with Crippen molar-refractivity contribution in [2.75, 3.05) is 7.05 Å². The molecule has 0 radical (unpaired) electrons. The number of nitrogens with zero attached hydrogens (tertiary/aromatic N) is 1. The number of aromatic nitrogens is 1. The molecule has 0 saturated heterocycles. The Morgan fingerprint density at radius 1 is 1.05 bits per heavy atom. The van der Waals surface area contributed by atoms with Gasteiger partial charge in [0.15, 0.2) is 0 Å². The smallest absolute Gasteiger partial charge is 0.0702 e. The Hall–Kier alpha value is -2.19. The molecule has 1 N–H and O–H groups in total. The van der Waals surface area contributed by atoms with Crippen molar-refractivity contribution in [1.82, 2.24) is 10.3 Å². The molecule has 0 spiro atoms. The van der Waals surface area contributed by atoms with Crippen molar-refractivity contribution < 1.29 is 0 Å². The van der Waals surface area contributed by atoms with Gasteiger partial charge in [-0.25, -0.2) is 0 Å². The van der Waals surface area contributed by atoms with Crippen LogP contribution in [0, 0.1) is 0 Å². The van der Waals surface area contributed by atoms with E-state index in [9.17, 15) is 0 Å². The summed E-state index contributed by atoms with van der Waals surface area (Å²) in [6, 6.07) is 19.5. The molecule has 0 saturated carbocycles. The maximum atomic E-state index is 4.39. The van der Waals surface area contributed by atoms with Gasteiger partial charge >= 0.3 is 0 Å². The molecule has 0 aliphatic heterocycles. The van der Waals surface area contributed by atoms with Crippen LogP contribution in [0.5, 0.6) is 0 Å². The van der Waals surface area contributed by atoms with Crippen molar-refractivity contribution in [3.05, 3.63) is 77.5 Å². The molecule has 106 valence electrons. The van der Waals surface area contributed by atoms with E-state index in [1.807, 2.05) is 19.3 Å². The van der Waals surface area contributed by atoms with Gasteiger partial charge in [-0.05, 0) is 48.4 Å². The summed E-state index contributed by atoms with van der Waals surface area (Å²) in [4.78, 5) is 4.39. The van der Waals surface area contributed by atoms with Gasteiger partial charge in [0.25, 0.3) is 0 Å². The second-order valence-corrected chi connectivity index (χ2v) is 5.23. The Morgan fingerprint density at radius 2 is 1.90 bits per heavy atom. The fraction of sp³-hybridized carbons (Fsp3) is 0.211. The van der Waals surface area contributed by atoms with Crippen molar-refractivity contribution in [2.24, 2.45) is 0 Å². The van der Waals surface area contributed by atoms with Crippen LogP contribution in [0.1, 0.15) is 29.7 Å². The minimum Gasteiger partial charge on any atom is -0.309 e. The number of hydrogen-bond acceptors (Lipinski definition) is 2. The molecule has 3 aromatic rings. The summed E-state index contributed by atoms with van der Waals surface area (Å²) in [6.07, 6.45) is 2.88. The lowest BCUT2D eigenvalue weighted by atomic mass is 9.92. The molecule has 0 bridgehead atoms. The van der Waals surface area contributed by atoms with E-state index in [0.717, 1.165) is 11.9 Å². The van der Waals surface area contributed by atoms with Gasteiger partial charge in [0.1, 0.15) is 0 Å².